The average molecular weight is 347 g/mol. The Labute approximate surface area is 136 Å². The largest absolute Gasteiger partial charge is 0.481 e. The van der Waals surface area contributed by atoms with Gasteiger partial charge in [0.05, 0.1) is 16.9 Å². The summed E-state index contributed by atoms with van der Waals surface area (Å²) in [6, 6.07) is 0. The number of methoxy groups -OCH3 is 1. The molecule has 23 heavy (non-hydrogen) atoms. The lowest BCUT2D eigenvalue weighted by atomic mass is 9.77. The molecular weight excluding hydrogens is 322 g/mol. The molecule has 1 atom stereocenters. The minimum Gasteiger partial charge on any atom is -0.481 e. The summed E-state index contributed by atoms with van der Waals surface area (Å²) in [5, 5.41) is 9.62. The standard InChI is InChI=1S/C15H25NO6S/c1-22-8-6-15(14(18)19)5-2-7-16(11-15)13(17)12-3-9-23(20,21)10-4-12/h12H,2-11H2,1H3,(H,18,19). The lowest BCUT2D eigenvalue weighted by Gasteiger charge is -2.41. The SMILES string of the molecule is COCCC1(C(=O)O)CCCN(C(=O)C2CCS(=O)(=O)CC2)C1. The Morgan fingerprint density at radius 2 is 1.96 bits per heavy atom. The van der Waals surface area contributed by atoms with Crippen molar-refractivity contribution < 1.29 is 27.9 Å². The van der Waals surface area contributed by atoms with E-state index < -0.39 is 21.2 Å². The Hall–Kier alpha value is -1.15. The van der Waals surface area contributed by atoms with E-state index in [4.69, 9.17) is 4.74 Å². The number of carbonyl (C=O) groups excluding carboxylic acids is 1. The van der Waals surface area contributed by atoms with Crippen LogP contribution in [-0.4, -0.2) is 68.6 Å². The summed E-state index contributed by atoms with van der Waals surface area (Å²) in [5.74, 6) is -1.19. The van der Waals surface area contributed by atoms with Crippen LogP contribution in [0.15, 0.2) is 0 Å². The summed E-state index contributed by atoms with van der Waals surface area (Å²) < 4.78 is 28.0. The van der Waals surface area contributed by atoms with E-state index >= 15 is 0 Å². The first-order valence-electron chi connectivity index (χ1n) is 8.01. The second-order valence-electron chi connectivity index (χ2n) is 6.62. The number of hydrogen-bond acceptors (Lipinski definition) is 5. The predicted molar refractivity (Wildman–Crippen MR) is 83.8 cm³/mol. The maximum absolute atomic E-state index is 12.7. The summed E-state index contributed by atoms with van der Waals surface area (Å²) in [7, 11) is -1.48. The van der Waals surface area contributed by atoms with E-state index in [9.17, 15) is 23.1 Å². The van der Waals surface area contributed by atoms with Crippen molar-refractivity contribution in [2.75, 3.05) is 38.3 Å². The number of ether oxygens (including phenoxy) is 1. The number of rotatable bonds is 5. The van der Waals surface area contributed by atoms with Gasteiger partial charge in [-0.2, -0.15) is 0 Å². The Balaban J connectivity index is 2.04. The number of carboxylic acid groups (broad SMARTS) is 1. The van der Waals surface area contributed by atoms with Gasteiger partial charge in [0, 0.05) is 32.7 Å². The number of piperidine rings is 1. The van der Waals surface area contributed by atoms with Crippen LogP contribution in [0, 0.1) is 11.3 Å². The molecule has 0 aromatic carbocycles. The molecule has 2 aliphatic heterocycles. The Morgan fingerprint density at radius 3 is 2.52 bits per heavy atom. The van der Waals surface area contributed by atoms with Crippen LogP contribution in [0.4, 0.5) is 0 Å². The van der Waals surface area contributed by atoms with Crippen molar-refractivity contribution in [3.63, 3.8) is 0 Å². The molecule has 132 valence electrons. The zero-order valence-corrected chi connectivity index (χ0v) is 14.3. The monoisotopic (exact) mass is 347 g/mol. The predicted octanol–water partition coefficient (Wildman–Crippen LogP) is 0.541. The topological polar surface area (TPSA) is 101 Å². The van der Waals surface area contributed by atoms with Crippen LogP contribution in [0.2, 0.25) is 0 Å². The molecule has 7 nitrogen and oxygen atoms in total. The lowest BCUT2D eigenvalue weighted by Crippen LogP contribution is -2.52. The molecule has 2 aliphatic rings. The number of carboxylic acids is 1. The molecule has 0 aromatic rings. The van der Waals surface area contributed by atoms with Crippen LogP contribution in [0.5, 0.6) is 0 Å². The van der Waals surface area contributed by atoms with Gasteiger partial charge < -0.3 is 14.7 Å². The maximum Gasteiger partial charge on any atom is 0.311 e. The molecule has 0 bridgehead atoms. The van der Waals surface area contributed by atoms with Gasteiger partial charge in [-0.25, -0.2) is 8.42 Å². The maximum atomic E-state index is 12.7. The molecule has 0 radical (unpaired) electrons. The molecule has 0 spiro atoms. The van der Waals surface area contributed by atoms with Crippen molar-refractivity contribution in [3.05, 3.63) is 0 Å². The number of aliphatic carboxylic acids is 1. The van der Waals surface area contributed by atoms with E-state index in [0.717, 1.165) is 0 Å². The number of nitrogens with zero attached hydrogens (tertiary/aromatic N) is 1. The first kappa shape index (κ1) is 18.2. The molecule has 1 amide bonds. The summed E-state index contributed by atoms with van der Waals surface area (Å²) in [6.45, 7) is 1.08. The first-order chi connectivity index (χ1) is 10.8. The molecular formula is C15H25NO6S. The van der Waals surface area contributed by atoms with Gasteiger partial charge in [0.1, 0.15) is 9.84 Å². The Morgan fingerprint density at radius 1 is 1.30 bits per heavy atom. The van der Waals surface area contributed by atoms with Crippen LogP contribution in [0.25, 0.3) is 0 Å². The summed E-state index contributed by atoms with van der Waals surface area (Å²) in [5.41, 5.74) is -0.954. The Bertz CT molecular complexity index is 546. The van der Waals surface area contributed by atoms with E-state index in [2.05, 4.69) is 0 Å². The molecule has 0 aromatic heterocycles. The molecule has 0 aliphatic carbocycles. The van der Waals surface area contributed by atoms with Gasteiger partial charge in [-0.15, -0.1) is 0 Å². The first-order valence-corrected chi connectivity index (χ1v) is 9.83. The number of hydrogen-bond donors (Lipinski definition) is 1. The van der Waals surface area contributed by atoms with E-state index in [1.807, 2.05) is 0 Å². The van der Waals surface area contributed by atoms with E-state index in [1.165, 1.54) is 7.11 Å². The summed E-state index contributed by atoms with van der Waals surface area (Å²) in [6.07, 6.45) is 2.24. The highest BCUT2D eigenvalue weighted by Gasteiger charge is 2.44. The van der Waals surface area contributed by atoms with Crippen molar-refractivity contribution in [1.82, 2.24) is 4.90 Å². The quantitative estimate of drug-likeness (QED) is 0.779. The third-order valence-electron chi connectivity index (χ3n) is 5.03. The van der Waals surface area contributed by atoms with Gasteiger partial charge in [-0.3, -0.25) is 9.59 Å². The van der Waals surface area contributed by atoms with Crippen LogP contribution < -0.4 is 0 Å². The zero-order valence-electron chi connectivity index (χ0n) is 13.5. The minimum absolute atomic E-state index is 0.0466. The molecule has 0 saturated carbocycles. The van der Waals surface area contributed by atoms with Gasteiger partial charge >= 0.3 is 5.97 Å². The van der Waals surface area contributed by atoms with Crippen LogP contribution in [0.3, 0.4) is 0 Å². The van der Waals surface area contributed by atoms with Crippen LogP contribution in [0.1, 0.15) is 32.1 Å². The third kappa shape index (κ3) is 4.23. The van der Waals surface area contributed by atoms with Gasteiger partial charge in [0.15, 0.2) is 0 Å². The molecule has 2 fully saturated rings. The van der Waals surface area contributed by atoms with Gasteiger partial charge in [-0.05, 0) is 32.1 Å². The molecule has 2 saturated heterocycles. The van der Waals surface area contributed by atoms with E-state index in [-0.39, 0.29) is 29.9 Å². The highest BCUT2D eigenvalue weighted by Crippen LogP contribution is 2.35. The van der Waals surface area contributed by atoms with Gasteiger partial charge in [0.25, 0.3) is 0 Å². The summed E-state index contributed by atoms with van der Waals surface area (Å²) in [4.78, 5) is 26.0. The van der Waals surface area contributed by atoms with Gasteiger partial charge in [0.2, 0.25) is 5.91 Å². The molecule has 2 rings (SSSR count). The van der Waals surface area contributed by atoms with Crippen molar-refractivity contribution in [3.8, 4) is 0 Å². The Kier molecular flexibility index (Phi) is 5.67. The second-order valence-corrected chi connectivity index (χ2v) is 8.92. The molecule has 1 unspecified atom stereocenters. The van der Waals surface area contributed by atoms with E-state index in [0.29, 0.717) is 45.3 Å². The fourth-order valence-corrected chi connectivity index (χ4v) is 4.99. The lowest BCUT2D eigenvalue weighted by molar-refractivity contribution is -0.157. The fourth-order valence-electron chi connectivity index (χ4n) is 3.50. The average Bonchev–Trinajstić information content (AvgIpc) is 2.52. The van der Waals surface area contributed by atoms with Crippen LogP contribution >= 0.6 is 0 Å². The summed E-state index contributed by atoms with van der Waals surface area (Å²) >= 11 is 0. The number of sulfone groups is 1. The number of carbonyl (C=O) groups is 2. The van der Waals surface area contributed by atoms with Crippen molar-refractivity contribution in [1.29, 1.82) is 0 Å². The number of likely N-dealkylation sites (tertiary alicyclic amines) is 1. The fraction of sp³-hybridized carbons (Fsp3) is 0.867. The molecule has 1 N–H and O–H groups in total. The van der Waals surface area contributed by atoms with E-state index in [1.54, 1.807) is 4.90 Å². The molecule has 8 heteroatoms. The van der Waals surface area contributed by atoms with Crippen LogP contribution in [-0.2, 0) is 24.2 Å². The minimum atomic E-state index is -3.01. The number of amides is 1. The third-order valence-corrected chi connectivity index (χ3v) is 6.75. The molecule has 2 heterocycles. The van der Waals surface area contributed by atoms with Crippen molar-refractivity contribution >= 4 is 21.7 Å². The zero-order chi connectivity index (χ0) is 17.1. The highest BCUT2D eigenvalue weighted by atomic mass is 32.2. The van der Waals surface area contributed by atoms with Crippen molar-refractivity contribution in [2.24, 2.45) is 11.3 Å². The second kappa shape index (κ2) is 7.17. The normalized spacial score (nSPS) is 28.5. The van der Waals surface area contributed by atoms with Gasteiger partial charge in [-0.1, -0.05) is 0 Å². The van der Waals surface area contributed by atoms with Crippen molar-refractivity contribution in [2.45, 2.75) is 32.1 Å². The smallest absolute Gasteiger partial charge is 0.311 e. The highest BCUT2D eigenvalue weighted by molar-refractivity contribution is 7.91.